The number of benzene rings is 4. The van der Waals surface area contributed by atoms with Gasteiger partial charge in [0.2, 0.25) is 0 Å². The Morgan fingerprint density at radius 1 is 0.837 bits per heavy atom. The minimum absolute atomic E-state index is 0.00317. The van der Waals surface area contributed by atoms with Crippen LogP contribution < -0.4 is 5.32 Å². The van der Waals surface area contributed by atoms with Crippen molar-refractivity contribution in [3.8, 4) is 11.1 Å². The summed E-state index contributed by atoms with van der Waals surface area (Å²) in [5, 5.41) is 5.44. The van der Waals surface area contributed by atoms with Crippen LogP contribution in [0.5, 0.6) is 0 Å². The highest BCUT2D eigenvalue weighted by atomic mass is 32.1. The molecule has 2 heterocycles. The average Bonchev–Trinajstić information content (AvgIpc) is 3.60. The van der Waals surface area contributed by atoms with Crippen LogP contribution in [0.3, 0.4) is 0 Å². The standard InChI is InChI=1S/C36H34BNO4S/c1-35(2)36(3,4)42-37(41-35)24(19-23-17-18-33-30(20-23)29-15-9-10-16-32(29)43-33)21-38-34(39)40-22-31-27-13-7-5-11-25(27)26-12-6-8-14-28(26)31/h5-20,31H,21-22H2,1-4H3,(H,38,39). The first-order chi connectivity index (χ1) is 20.7. The van der Waals surface area contributed by atoms with Crippen LogP contribution in [0.2, 0.25) is 0 Å². The van der Waals surface area contributed by atoms with Gasteiger partial charge in [-0.05, 0) is 79.2 Å². The average molecular weight is 588 g/mol. The number of carbonyl (C=O) groups excluding carboxylic acids is 1. The molecule has 5 aromatic rings. The molecule has 0 radical (unpaired) electrons. The second-order valence-corrected chi connectivity index (χ2v) is 13.4. The zero-order chi connectivity index (χ0) is 29.8. The molecule has 7 heteroatoms. The summed E-state index contributed by atoms with van der Waals surface area (Å²) in [7, 11) is -0.603. The molecule has 2 aliphatic rings. The Balaban J connectivity index is 1.12. The molecular weight excluding hydrogens is 553 g/mol. The summed E-state index contributed by atoms with van der Waals surface area (Å²) in [5.74, 6) is 0.00317. The maximum Gasteiger partial charge on any atom is 0.492 e. The van der Waals surface area contributed by atoms with Crippen molar-refractivity contribution >= 4 is 50.8 Å². The second kappa shape index (κ2) is 10.7. The number of ether oxygens (including phenoxy) is 1. The SMILES string of the molecule is CC1(C)OB(C(=Cc2ccc3sc4ccccc4c3c2)CNC(=O)OCC2c3ccccc3-c3ccccc32)OC1(C)C. The molecule has 1 aromatic heterocycles. The number of thiophene rings is 1. The van der Waals surface area contributed by atoms with Gasteiger partial charge in [-0.1, -0.05) is 78.9 Å². The van der Waals surface area contributed by atoms with Gasteiger partial charge in [0.15, 0.2) is 0 Å². The first-order valence-electron chi connectivity index (χ1n) is 14.8. The first kappa shape index (κ1) is 27.9. The number of hydrogen-bond donors (Lipinski definition) is 1. The first-order valence-corrected chi connectivity index (χ1v) is 15.6. The summed E-state index contributed by atoms with van der Waals surface area (Å²) >= 11 is 1.79. The van der Waals surface area contributed by atoms with Crippen LogP contribution in [-0.2, 0) is 14.0 Å². The van der Waals surface area contributed by atoms with Crippen molar-refractivity contribution in [2.45, 2.75) is 44.8 Å². The van der Waals surface area contributed by atoms with E-state index >= 15 is 0 Å². The number of amides is 1. The third kappa shape index (κ3) is 5.05. The molecule has 0 unspecified atom stereocenters. The van der Waals surface area contributed by atoms with Crippen molar-refractivity contribution in [1.82, 2.24) is 5.32 Å². The van der Waals surface area contributed by atoms with E-state index in [1.165, 1.54) is 42.4 Å². The van der Waals surface area contributed by atoms with Gasteiger partial charge in [-0.25, -0.2) is 4.79 Å². The van der Waals surface area contributed by atoms with E-state index in [0.29, 0.717) is 0 Å². The summed E-state index contributed by atoms with van der Waals surface area (Å²) < 4.78 is 21.2. The van der Waals surface area contributed by atoms with Crippen molar-refractivity contribution in [2.75, 3.05) is 13.2 Å². The summed E-state index contributed by atoms with van der Waals surface area (Å²) in [4.78, 5) is 13.1. The van der Waals surface area contributed by atoms with Crippen LogP contribution in [0.1, 0.15) is 50.3 Å². The molecule has 4 aromatic carbocycles. The molecule has 43 heavy (non-hydrogen) atoms. The van der Waals surface area contributed by atoms with E-state index in [9.17, 15) is 4.79 Å². The molecule has 0 spiro atoms. The van der Waals surface area contributed by atoms with Gasteiger partial charge in [-0.3, -0.25) is 0 Å². The molecule has 0 atom stereocenters. The van der Waals surface area contributed by atoms with Crippen LogP contribution in [-0.4, -0.2) is 37.6 Å². The van der Waals surface area contributed by atoms with E-state index < -0.39 is 24.4 Å². The molecule has 1 amide bonds. The van der Waals surface area contributed by atoms with Gasteiger partial charge in [0.1, 0.15) is 6.61 Å². The van der Waals surface area contributed by atoms with Crippen LogP contribution in [0.25, 0.3) is 37.4 Å². The highest BCUT2D eigenvalue weighted by Gasteiger charge is 2.52. The molecule has 1 aliphatic carbocycles. The minimum atomic E-state index is -0.603. The fourth-order valence-corrected chi connectivity index (χ4v) is 7.15. The number of hydrogen-bond acceptors (Lipinski definition) is 5. The Bertz CT molecular complexity index is 1830. The number of fused-ring (bicyclic) bond motifs is 6. The molecule has 0 saturated carbocycles. The molecule has 7 rings (SSSR count). The van der Waals surface area contributed by atoms with Gasteiger partial charge in [0.05, 0.1) is 11.2 Å². The van der Waals surface area contributed by atoms with Crippen LogP contribution in [0.4, 0.5) is 4.79 Å². The van der Waals surface area contributed by atoms with Gasteiger partial charge in [0, 0.05) is 32.6 Å². The Hall–Kier alpha value is -3.91. The van der Waals surface area contributed by atoms with E-state index in [1.807, 2.05) is 52.0 Å². The number of carbonyl (C=O) groups is 1. The molecule has 5 nitrogen and oxygen atoms in total. The maximum absolute atomic E-state index is 13.1. The van der Waals surface area contributed by atoms with Crippen molar-refractivity contribution in [2.24, 2.45) is 0 Å². The molecule has 0 bridgehead atoms. The van der Waals surface area contributed by atoms with Gasteiger partial charge in [0.25, 0.3) is 0 Å². The quantitative estimate of drug-likeness (QED) is 0.202. The summed E-state index contributed by atoms with van der Waals surface area (Å²) in [6.07, 6.45) is 1.60. The van der Waals surface area contributed by atoms with Gasteiger partial charge in [-0.2, -0.15) is 0 Å². The summed E-state index contributed by atoms with van der Waals surface area (Å²) in [6, 6.07) is 31.6. The van der Waals surface area contributed by atoms with E-state index in [-0.39, 0.29) is 19.1 Å². The Kier molecular flexibility index (Phi) is 6.92. The van der Waals surface area contributed by atoms with Crippen molar-refractivity contribution in [1.29, 1.82) is 0 Å². The Labute approximate surface area is 256 Å². The zero-order valence-corrected chi connectivity index (χ0v) is 25.7. The lowest BCUT2D eigenvalue weighted by atomic mass is 9.77. The van der Waals surface area contributed by atoms with Crippen molar-refractivity contribution < 1.29 is 18.8 Å². The van der Waals surface area contributed by atoms with E-state index in [2.05, 4.69) is 78.1 Å². The zero-order valence-electron chi connectivity index (χ0n) is 24.8. The second-order valence-electron chi connectivity index (χ2n) is 12.3. The lowest BCUT2D eigenvalue weighted by Crippen LogP contribution is -2.41. The number of rotatable bonds is 6. The molecular formula is C36H34BNO4S. The third-order valence-electron chi connectivity index (χ3n) is 9.09. The van der Waals surface area contributed by atoms with Crippen LogP contribution in [0, 0.1) is 0 Å². The lowest BCUT2D eigenvalue weighted by Gasteiger charge is -2.32. The fourth-order valence-electron chi connectivity index (χ4n) is 6.07. The molecule has 1 N–H and O–H groups in total. The van der Waals surface area contributed by atoms with Gasteiger partial charge < -0.3 is 19.4 Å². The Morgan fingerprint density at radius 2 is 1.44 bits per heavy atom. The van der Waals surface area contributed by atoms with Gasteiger partial charge >= 0.3 is 13.2 Å². The van der Waals surface area contributed by atoms with E-state index in [4.69, 9.17) is 14.0 Å². The van der Waals surface area contributed by atoms with E-state index in [1.54, 1.807) is 11.3 Å². The minimum Gasteiger partial charge on any atom is -0.449 e. The lowest BCUT2D eigenvalue weighted by molar-refractivity contribution is 0.00578. The number of alkyl carbamates (subject to hydrolysis) is 1. The normalized spacial score (nSPS) is 17.3. The predicted molar refractivity (Wildman–Crippen MR) is 176 cm³/mol. The highest BCUT2D eigenvalue weighted by molar-refractivity contribution is 7.25. The third-order valence-corrected chi connectivity index (χ3v) is 10.2. The summed E-state index contributed by atoms with van der Waals surface area (Å²) in [6.45, 7) is 8.63. The summed E-state index contributed by atoms with van der Waals surface area (Å²) in [5.41, 5.74) is 5.61. The Morgan fingerprint density at radius 3 is 2.14 bits per heavy atom. The van der Waals surface area contributed by atoms with Crippen LogP contribution in [0.15, 0.2) is 96.5 Å². The predicted octanol–water partition coefficient (Wildman–Crippen LogP) is 8.61. The van der Waals surface area contributed by atoms with Crippen molar-refractivity contribution in [3.63, 3.8) is 0 Å². The largest absolute Gasteiger partial charge is 0.492 e. The molecule has 1 aliphatic heterocycles. The smallest absolute Gasteiger partial charge is 0.449 e. The number of nitrogens with one attached hydrogen (secondary N) is 1. The maximum atomic E-state index is 13.1. The topological polar surface area (TPSA) is 56.8 Å². The van der Waals surface area contributed by atoms with Gasteiger partial charge in [-0.15, -0.1) is 11.3 Å². The van der Waals surface area contributed by atoms with E-state index in [0.717, 1.165) is 11.0 Å². The molecule has 1 fully saturated rings. The van der Waals surface area contributed by atoms with Crippen LogP contribution >= 0.6 is 11.3 Å². The monoisotopic (exact) mass is 587 g/mol. The molecule has 1 saturated heterocycles. The van der Waals surface area contributed by atoms with Crippen molar-refractivity contribution in [3.05, 3.63) is 113 Å². The molecule has 216 valence electrons. The highest BCUT2D eigenvalue weighted by Crippen LogP contribution is 2.44. The fraction of sp³-hybridized carbons (Fsp3) is 0.250.